The van der Waals surface area contributed by atoms with E-state index in [1.807, 2.05) is 76.5 Å². The molecule has 0 unspecified atom stereocenters. The first-order valence-electron chi connectivity index (χ1n) is 14.6. The molecule has 2 heterocycles. The van der Waals surface area contributed by atoms with Crippen LogP contribution in [0.4, 0.5) is 11.4 Å². The molecule has 5 rings (SSSR count). The second-order valence-electron chi connectivity index (χ2n) is 10.7. The SMILES string of the molecule is COc1ccc(CC(=O)N2CCN(c3ccc(C(=O)N4CCCNCC4)cc3NC(=O)Cc3ccccc3)CC2)cc1. The number of hydrogen-bond donors (Lipinski definition) is 2. The van der Waals surface area contributed by atoms with Gasteiger partial charge in [0, 0.05) is 51.4 Å². The number of piperazine rings is 1. The normalized spacial score (nSPS) is 15.6. The van der Waals surface area contributed by atoms with Gasteiger partial charge in [0.05, 0.1) is 31.3 Å². The van der Waals surface area contributed by atoms with E-state index in [0.717, 1.165) is 42.1 Å². The molecule has 0 aromatic heterocycles. The maximum absolute atomic E-state index is 13.4. The fourth-order valence-electron chi connectivity index (χ4n) is 5.48. The lowest BCUT2D eigenvalue weighted by molar-refractivity contribution is -0.130. The molecule has 0 aliphatic carbocycles. The Balaban J connectivity index is 1.29. The van der Waals surface area contributed by atoms with Crippen molar-refractivity contribution in [2.45, 2.75) is 19.3 Å². The molecular weight excluding hydrogens is 530 g/mol. The molecule has 3 amide bonds. The van der Waals surface area contributed by atoms with Crippen LogP contribution in [0.2, 0.25) is 0 Å². The Morgan fingerprint density at radius 1 is 0.786 bits per heavy atom. The summed E-state index contributed by atoms with van der Waals surface area (Å²) in [5.41, 5.74) is 3.90. The van der Waals surface area contributed by atoms with Gasteiger partial charge in [-0.15, -0.1) is 0 Å². The third-order valence-electron chi connectivity index (χ3n) is 7.84. The minimum Gasteiger partial charge on any atom is -0.497 e. The smallest absolute Gasteiger partial charge is 0.253 e. The second kappa shape index (κ2) is 14.0. The Hall–Kier alpha value is -4.37. The zero-order valence-corrected chi connectivity index (χ0v) is 24.2. The summed E-state index contributed by atoms with van der Waals surface area (Å²) < 4.78 is 5.21. The Kier molecular flexibility index (Phi) is 9.71. The highest BCUT2D eigenvalue weighted by molar-refractivity contribution is 6.00. The molecule has 0 radical (unpaired) electrons. The molecule has 0 atom stereocenters. The molecule has 2 fully saturated rings. The number of carbonyl (C=O) groups excluding carboxylic acids is 3. The fourth-order valence-corrected chi connectivity index (χ4v) is 5.48. The lowest BCUT2D eigenvalue weighted by Gasteiger charge is -2.37. The lowest BCUT2D eigenvalue weighted by Crippen LogP contribution is -2.49. The van der Waals surface area contributed by atoms with Crippen LogP contribution in [0, 0.1) is 0 Å². The van der Waals surface area contributed by atoms with Crippen LogP contribution in [-0.4, -0.2) is 87.0 Å². The second-order valence-corrected chi connectivity index (χ2v) is 10.7. The minimum atomic E-state index is -0.140. The first kappa shape index (κ1) is 29.1. The first-order chi connectivity index (χ1) is 20.5. The third-order valence-corrected chi connectivity index (χ3v) is 7.84. The lowest BCUT2D eigenvalue weighted by atomic mass is 10.1. The number of methoxy groups -OCH3 is 1. The molecular formula is C33H39N5O4. The van der Waals surface area contributed by atoms with E-state index in [1.54, 1.807) is 13.2 Å². The Morgan fingerprint density at radius 3 is 2.26 bits per heavy atom. The van der Waals surface area contributed by atoms with Gasteiger partial charge in [-0.1, -0.05) is 42.5 Å². The number of amides is 3. The summed E-state index contributed by atoms with van der Waals surface area (Å²) >= 11 is 0. The van der Waals surface area contributed by atoms with Crippen molar-refractivity contribution in [2.24, 2.45) is 0 Å². The van der Waals surface area contributed by atoms with E-state index < -0.39 is 0 Å². The summed E-state index contributed by atoms with van der Waals surface area (Å²) in [5.74, 6) is 0.684. The third kappa shape index (κ3) is 7.47. The summed E-state index contributed by atoms with van der Waals surface area (Å²) in [4.78, 5) is 45.5. The topological polar surface area (TPSA) is 94.2 Å². The van der Waals surface area contributed by atoms with Gasteiger partial charge in [-0.25, -0.2) is 0 Å². The largest absolute Gasteiger partial charge is 0.497 e. The van der Waals surface area contributed by atoms with Crippen LogP contribution in [0.5, 0.6) is 5.75 Å². The highest BCUT2D eigenvalue weighted by Gasteiger charge is 2.25. The predicted octanol–water partition coefficient (Wildman–Crippen LogP) is 3.20. The quantitative estimate of drug-likeness (QED) is 0.433. The molecule has 0 spiro atoms. The van der Waals surface area contributed by atoms with Gasteiger partial charge in [0.2, 0.25) is 11.8 Å². The summed E-state index contributed by atoms with van der Waals surface area (Å²) in [5, 5.41) is 6.42. The van der Waals surface area contributed by atoms with Crippen LogP contribution < -0.4 is 20.3 Å². The van der Waals surface area contributed by atoms with E-state index in [0.29, 0.717) is 56.9 Å². The number of ether oxygens (including phenoxy) is 1. The average Bonchev–Trinajstić information content (AvgIpc) is 3.31. The van der Waals surface area contributed by atoms with Gasteiger partial charge in [0.15, 0.2) is 0 Å². The zero-order valence-electron chi connectivity index (χ0n) is 24.2. The highest BCUT2D eigenvalue weighted by Crippen LogP contribution is 2.29. The van der Waals surface area contributed by atoms with Crippen LogP contribution in [-0.2, 0) is 22.4 Å². The van der Waals surface area contributed by atoms with Gasteiger partial charge in [-0.05, 0) is 54.4 Å². The minimum absolute atomic E-state index is 0.0299. The number of rotatable bonds is 8. The van der Waals surface area contributed by atoms with Crippen molar-refractivity contribution in [3.8, 4) is 5.75 Å². The zero-order chi connectivity index (χ0) is 29.3. The molecule has 9 heteroatoms. The first-order valence-corrected chi connectivity index (χ1v) is 14.6. The van der Waals surface area contributed by atoms with Crippen molar-refractivity contribution in [1.29, 1.82) is 0 Å². The van der Waals surface area contributed by atoms with Gasteiger partial charge >= 0.3 is 0 Å². The van der Waals surface area contributed by atoms with Crippen molar-refractivity contribution in [1.82, 2.24) is 15.1 Å². The molecule has 2 N–H and O–H groups in total. The van der Waals surface area contributed by atoms with Crippen molar-refractivity contribution in [3.63, 3.8) is 0 Å². The molecule has 0 bridgehead atoms. The molecule has 3 aromatic rings. The van der Waals surface area contributed by atoms with Crippen molar-refractivity contribution >= 4 is 29.1 Å². The number of anilines is 2. The number of hydrogen-bond acceptors (Lipinski definition) is 6. The maximum Gasteiger partial charge on any atom is 0.253 e. The molecule has 3 aromatic carbocycles. The van der Waals surface area contributed by atoms with E-state index in [9.17, 15) is 14.4 Å². The number of benzene rings is 3. The molecule has 2 saturated heterocycles. The van der Waals surface area contributed by atoms with Crippen molar-refractivity contribution in [2.75, 3.05) is 69.7 Å². The molecule has 9 nitrogen and oxygen atoms in total. The Morgan fingerprint density at radius 2 is 1.52 bits per heavy atom. The van der Waals surface area contributed by atoms with Gasteiger partial charge in [0.1, 0.15) is 5.75 Å². The average molecular weight is 570 g/mol. The standard InChI is InChI=1S/C33H39N5O4/c1-42-28-11-8-26(9-12-28)23-32(40)37-20-18-36(19-21-37)30-13-10-27(33(41)38-16-5-14-34-15-17-38)24-29(30)35-31(39)22-25-6-3-2-4-7-25/h2-4,6-13,24,34H,5,14-23H2,1H3,(H,35,39). The van der Waals surface area contributed by atoms with Gasteiger partial charge in [0.25, 0.3) is 5.91 Å². The van der Waals surface area contributed by atoms with E-state index in [2.05, 4.69) is 15.5 Å². The maximum atomic E-state index is 13.4. The number of nitrogens with zero attached hydrogens (tertiary/aromatic N) is 3. The molecule has 2 aliphatic heterocycles. The summed E-state index contributed by atoms with van der Waals surface area (Å²) in [6.07, 6.45) is 1.49. The van der Waals surface area contributed by atoms with E-state index in [1.165, 1.54) is 0 Å². The van der Waals surface area contributed by atoms with Crippen molar-refractivity contribution < 1.29 is 19.1 Å². The molecule has 42 heavy (non-hydrogen) atoms. The van der Waals surface area contributed by atoms with E-state index >= 15 is 0 Å². The van der Waals surface area contributed by atoms with E-state index in [4.69, 9.17) is 4.74 Å². The van der Waals surface area contributed by atoms with Gasteiger partial charge in [-0.3, -0.25) is 14.4 Å². The fraction of sp³-hybridized carbons (Fsp3) is 0.364. The number of carbonyl (C=O) groups is 3. The van der Waals surface area contributed by atoms with E-state index in [-0.39, 0.29) is 24.1 Å². The molecule has 0 saturated carbocycles. The summed E-state index contributed by atoms with van der Waals surface area (Å²) in [6.45, 7) is 5.44. The Bertz CT molecular complexity index is 1360. The van der Waals surface area contributed by atoms with Crippen LogP contribution in [0.1, 0.15) is 27.9 Å². The Labute approximate surface area is 247 Å². The van der Waals surface area contributed by atoms with Crippen LogP contribution in [0.15, 0.2) is 72.8 Å². The van der Waals surface area contributed by atoms with Gasteiger partial charge < -0.3 is 30.1 Å². The predicted molar refractivity (Wildman–Crippen MR) is 164 cm³/mol. The summed E-state index contributed by atoms with van der Waals surface area (Å²) in [7, 11) is 1.62. The highest BCUT2D eigenvalue weighted by atomic mass is 16.5. The van der Waals surface area contributed by atoms with Crippen LogP contribution in [0.3, 0.4) is 0 Å². The number of nitrogens with one attached hydrogen (secondary N) is 2. The van der Waals surface area contributed by atoms with Crippen LogP contribution in [0.25, 0.3) is 0 Å². The molecule has 2 aliphatic rings. The summed E-state index contributed by atoms with van der Waals surface area (Å²) in [6, 6.07) is 22.8. The molecule has 220 valence electrons. The monoisotopic (exact) mass is 569 g/mol. The van der Waals surface area contributed by atoms with Gasteiger partial charge in [-0.2, -0.15) is 0 Å². The van der Waals surface area contributed by atoms with Crippen molar-refractivity contribution in [3.05, 3.63) is 89.5 Å². The van der Waals surface area contributed by atoms with Crippen LogP contribution >= 0.6 is 0 Å².